The number of nitrogens with two attached hydrogens (primary N) is 1. The molecule has 4 atom stereocenters. The molecule has 1 fully saturated rings. The molecule has 1 saturated heterocycles. The van der Waals surface area contributed by atoms with Crippen molar-refractivity contribution < 1.29 is 23.1 Å². The van der Waals surface area contributed by atoms with Crippen molar-refractivity contribution in [3.8, 4) is 0 Å². The maximum atomic E-state index is 12.6. The molecule has 1 aliphatic rings. The quantitative estimate of drug-likeness (QED) is 0.532. The van der Waals surface area contributed by atoms with Gasteiger partial charge in [0, 0.05) is 12.3 Å². The van der Waals surface area contributed by atoms with Gasteiger partial charge in [0.25, 0.3) is 5.56 Å². The Bertz CT molecular complexity index is 992. The average Bonchev–Trinajstić information content (AvgIpc) is 2.94. The second kappa shape index (κ2) is 9.72. The number of H-pyrrole nitrogens is 1. The molecule has 1 amide bonds. The maximum absolute atomic E-state index is 12.6. The van der Waals surface area contributed by atoms with E-state index in [9.17, 15) is 14.4 Å². The molecule has 2 rings (SSSR count). The van der Waals surface area contributed by atoms with E-state index >= 15 is 0 Å². The number of primary amides is 1. The SMILES string of the molecule is CC(C)(C)[Si](C)(C)OC[C@H]1O[C@@H](n2ccc(=O)[nH]c2=O)[C@H](O[Si](C)(C)C(C)(C)C)[C@@H]1OC(N)=O. The second-order valence-corrected chi connectivity index (χ2v) is 21.5. The van der Waals surface area contributed by atoms with Crippen molar-refractivity contribution in [2.75, 3.05) is 6.61 Å². The van der Waals surface area contributed by atoms with Crippen LogP contribution in [0.4, 0.5) is 4.79 Å². The van der Waals surface area contributed by atoms with Gasteiger partial charge in [-0.1, -0.05) is 41.5 Å². The number of hydrogen-bond acceptors (Lipinski definition) is 7. The van der Waals surface area contributed by atoms with Crippen molar-refractivity contribution in [3.05, 3.63) is 33.1 Å². The summed E-state index contributed by atoms with van der Waals surface area (Å²) in [5.74, 6) is 0. The topological polar surface area (TPSA) is 135 Å². The predicted molar refractivity (Wildman–Crippen MR) is 135 cm³/mol. The van der Waals surface area contributed by atoms with E-state index in [1.165, 1.54) is 16.8 Å². The lowest BCUT2D eigenvalue weighted by molar-refractivity contribution is -0.0518. The van der Waals surface area contributed by atoms with Gasteiger partial charge in [-0.2, -0.15) is 0 Å². The number of ether oxygens (including phenoxy) is 2. The largest absolute Gasteiger partial charge is 0.441 e. The number of nitrogens with one attached hydrogen (secondary N) is 1. The van der Waals surface area contributed by atoms with Crippen LogP contribution in [0.3, 0.4) is 0 Å². The number of hydrogen-bond donors (Lipinski definition) is 2. The van der Waals surface area contributed by atoms with Crippen LogP contribution in [0.1, 0.15) is 47.8 Å². The number of aromatic amines is 1. The van der Waals surface area contributed by atoms with E-state index < -0.39 is 58.5 Å². The van der Waals surface area contributed by atoms with Crippen LogP contribution in [0, 0.1) is 0 Å². The molecule has 0 aliphatic carbocycles. The highest BCUT2D eigenvalue weighted by Crippen LogP contribution is 2.43. The molecule has 12 heteroatoms. The zero-order valence-electron chi connectivity index (χ0n) is 22.1. The number of nitrogens with zero attached hydrogens (tertiary/aromatic N) is 1. The minimum Gasteiger partial charge on any atom is -0.441 e. The third kappa shape index (κ3) is 6.28. The Morgan fingerprint density at radius 1 is 1.06 bits per heavy atom. The van der Waals surface area contributed by atoms with E-state index in [0.29, 0.717) is 0 Å². The van der Waals surface area contributed by atoms with E-state index in [2.05, 4.69) is 72.7 Å². The van der Waals surface area contributed by atoms with Crippen molar-refractivity contribution in [3.63, 3.8) is 0 Å². The lowest BCUT2D eigenvalue weighted by Crippen LogP contribution is -2.51. The summed E-state index contributed by atoms with van der Waals surface area (Å²) < 4.78 is 26.0. The standard InChI is InChI=1S/C22H41N3O7Si2/c1-21(2,3)33(7,8)29-13-14-16(31-19(23)27)17(32-34(9,10)22(4,5)6)18(30-14)25-12-11-15(26)24-20(25)28/h11-12,14,16-18H,13H2,1-10H3,(H2,23,27)(H,24,26,28)/t14-,16-,17-,18-/m1/s1. The van der Waals surface area contributed by atoms with Gasteiger partial charge in [-0.15, -0.1) is 0 Å². The normalized spacial score (nSPS) is 24.3. The maximum Gasteiger partial charge on any atom is 0.404 e. The molecule has 0 aromatic carbocycles. The van der Waals surface area contributed by atoms with Crippen LogP contribution < -0.4 is 17.0 Å². The molecule has 0 unspecified atom stereocenters. The first-order valence-electron chi connectivity index (χ1n) is 11.5. The molecule has 3 N–H and O–H groups in total. The molecular formula is C22H41N3O7Si2. The molecular weight excluding hydrogens is 474 g/mol. The molecule has 194 valence electrons. The van der Waals surface area contributed by atoms with Crippen LogP contribution in [0.15, 0.2) is 21.9 Å². The molecule has 1 aliphatic heterocycles. The third-order valence-corrected chi connectivity index (χ3v) is 16.3. The van der Waals surface area contributed by atoms with Crippen LogP contribution in [0.25, 0.3) is 0 Å². The number of rotatable bonds is 7. The Kier molecular flexibility index (Phi) is 8.15. The third-order valence-electron chi connectivity index (χ3n) is 7.31. The van der Waals surface area contributed by atoms with E-state index in [4.69, 9.17) is 24.1 Å². The van der Waals surface area contributed by atoms with Gasteiger partial charge in [-0.3, -0.25) is 14.3 Å². The van der Waals surface area contributed by atoms with E-state index in [1.54, 1.807) is 0 Å². The summed E-state index contributed by atoms with van der Waals surface area (Å²) >= 11 is 0. The monoisotopic (exact) mass is 515 g/mol. The Labute approximate surface area is 203 Å². The van der Waals surface area contributed by atoms with Crippen molar-refractivity contribution in [2.45, 2.75) is 102 Å². The Balaban J connectivity index is 2.52. The number of aromatic nitrogens is 2. The van der Waals surface area contributed by atoms with E-state index in [-0.39, 0.29) is 16.7 Å². The summed E-state index contributed by atoms with van der Waals surface area (Å²) in [4.78, 5) is 38.4. The summed E-state index contributed by atoms with van der Waals surface area (Å²) in [6.07, 6.45) is -3.02. The van der Waals surface area contributed by atoms with Crippen LogP contribution in [0.2, 0.25) is 36.3 Å². The van der Waals surface area contributed by atoms with E-state index in [1.807, 2.05) is 0 Å². The fraction of sp³-hybridized carbons (Fsp3) is 0.773. The van der Waals surface area contributed by atoms with E-state index in [0.717, 1.165) is 0 Å². The minimum atomic E-state index is -2.42. The van der Waals surface area contributed by atoms with Crippen LogP contribution >= 0.6 is 0 Å². The Morgan fingerprint density at radius 3 is 2.09 bits per heavy atom. The van der Waals surface area contributed by atoms with Gasteiger partial charge >= 0.3 is 11.8 Å². The van der Waals surface area contributed by atoms with Crippen LogP contribution in [-0.2, 0) is 18.3 Å². The molecule has 1 aromatic heterocycles. The zero-order chi connectivity index (χ0) is 26.3. The molecule has 0 radical (unpaired) electrons. The summed E-state index contributed by atoms with van der Waals surface area (Å²) in [6, 6.07) is 1.23. The van der Waals surface area contributed by atoms with Gasteiger partial charge < -0.3 is 24.1 Å². The molecule has 34 heavy (non-hydrogen) atoms. The zero-order valence-corrected chi connectivity index (χ0v) is 24.1. The van der Waals surface area contributed by atoms with Crippen molar-refractivity contribution in [1.29, 1.82) is 0 Å². The lowest BCUT2D eigenvalue weighted by atomic mass is 10.1. The molecule has 0 bridgehead atoms. The first-order valence-corrected chi connectivity index (χ1v) is 17.3. The number of amides is 1. The average molecular weight is 516 g/mol. The first kappa shape index (κ1) is 28.5. The summed E-state index contributed by atoms with van der Waals surface area (Å²) in [6.45, 7) is 21.1. The van der Waals surface area contributed by atoms with Crippen LogP contribution in [0.5, 0.6) is 0 Å². The highest BCUT2D eigenvalue weighted by Gasteiger charge is 2.53. The predicted octanol–water partition coefficient (Wildman–Crippen LogP) is 3.31. The Morgan fingerprint density at radius 2 is 1.62 bits per heavy atom. The first-order chi connectivity index (χ1) is 15.3. The molecule has 10 nitrogen and oxygen atoms in total. The van der Waals surface area contributed by atoms with Gasteiger partial charge in [0.15, 0.2) is 29.0 Å². The summed E-state index contributed by atoms with van der Waals surface area (Å²) in [5.41, 5.74) is 4.25. The van der Waals surface area contributed by atoms with Crippen molar-refractivity contribution in [1.82, 2.24) is 9.55 Å². The molecule has 0 spiro atoms. The van der Waals surface area contributed by atoms with Gasteiger partial charge in [0.05, 0.1) is 6.61 Å². The smallest absolute Gasteiger partial charge is 0.404 e. The lowest BCUT2D eigenvalue weighted by Gasteiger charge is -2.40. The van der Waals surface area contributed by atoms with Crippen molar-refractivity contribution >= 4 is 22.7 Å². The minimum absolute atomic E-state index is 0.0437. The fourth-order valence-electron chi connectivity index (χ4n) is 3.12. The molecule has 0 saturated carbocycles. The van der Waals surface area contributed by atoms with Crippen LogP contribution in [-0.4, -0.2) is 57.2 Å². The van der Waals surface area contributed by atoms with Gasteiger partial charge in [0.2, 0.25) is 0 Å². The highest BCUT2D eigenvalue weighted by molar-refractivity contribution is 6.74. The number of carbonyl (C=O) groups is 1. The van der Waals surface area contributed by atoms with Crippen molar-refractivity contribution in [2.24, 2.45) is 5.73 Å². The van der Waals surface area contributed by atoms with Gasteiger partial charge in [-0.25, -0.2) is 9.59 Å². The molecule has 1 aromatic rings. The summed E-state index contributed by atoms with van der Waals surface area (Å²) in [5, 5.41) is -0.210. The second-order valence-electron chi connectivity index (χ2n) is 11.9. The van der Waals surface area contributed by atoms with Gasteiger partial charge in [-0.05, 0) is 36.3 Å². The number of carbonyl (C=O) groups excluding carboxylic acids is 1. The molecule has 2 heterocycles. The summed E-state index contributed by atoms with van der Waals surface area (Å²) in [7, 11) is -4.58. The fourth-order valence-corrected chi connectivity index (χ4v) is 5.42. The Hall–Kier alpha value is -1.74. The van der Waals surface area contributed by atoms with Gasteiger partial charge in [0.1, 0.15) is 12.2 Å². The highest BCUT2D eigenvalue weighted by atomic mass is 28.4.